The Morgan fingerprint density at radius 3 is 2.64 bits per heavy atom. The summed E-state index contributed by atoms with van der Waals surface area (Å²) < 4.78 is 7.12. The summed E-state index contributed by atoms with van der Waals surface area (Å²) in [6.07, 6.45) is 1.78. The molecule has 14 heavy (non-hydrogen) atoms. The van der Waals surface area contributed by atoms with E-state index < -0.39 is 0 Å². The lowest BCUT2D eigenvalue weighted by Crippen LogP contribution is -2.00. The molecule has 1 aromatic heterocycles. The van der Waals surface area contributed by atoms with Crippen LogP contribution in [0.2, 0.25) is 0 Å². The van der Waals surface area contributed by atoms with Gasteiger partial charge < -0.3 is 4.74 Å². The summed E-state index contributed by atoms with van der Waals surface area (Å²) in [6.45, 7) is 2.01. The fourth-order valence-electron chi connectivity index (χ4n) is 1.43. The van der Waals surface area contributed by atoms with Crippen molar-refractivity contribution >= 4 is 0 Å². The molecule has 72 valence electrons. The summed E-state index contributed by atoms with van der Waals surface area (Å²) in [6, 6.07) is 9.79. The van der Waals surface area contributed by atoms with Gasteiger partial charge in [0.15, 0.2) is 0 Å². The van der Waals surface area contributed by atoms with Gasteiger partial charge >= 0.3 is 0 Å². The van der Waals surface area contributed by atoms with Crippen molar-refractivity contribution in [2.75, 3.05) is 7.11 Å². The van der Waals surface area contributed by atoms with Crippen LogP contribution in [-0.2, 0) is 0 Å². The Hall–Kier alpha value is -1.77. The van der Waals surface area contributed by atoms with Gasteiger partial charge in [-0.1, -0.05) is 12.1 Å². The van der Waals surface area contributed by atoms with Crippen LogP contribution < -0.4 is 4.74 Å². The molecule has 0 atom stereocenters. The first-order valence-electron chi connectivity index (χ1n) is 4.47. The maximum Gasteiger partial charge on any atom is 0.144 e. The average Bonchev–Trinajstić information content (AvgIpc) is 2.64. The molecule has 0 N–H and O–H groups in total. The second-order valence-electron chi connectivity index (χ2n) is 3.06. The number of rotatable bonds is 2. The molecule has 0 fully saturated rings. The molecule has 0 saturated carbocycles. The normalized spacial score (nSPS) is 10.1. The highest BCUT2D eigenvalue weighted by Gasteiger charge is 2.05. The van der Waals surface area contributed by atoms with Gasteiger partial charge in [0.05, 0.1) is 7.11 Å². The molecule has 0 radical (unpaired) electrons. The highest BCUT2D eigenvalue weighted by Crippen LogP contribution is 2.22. The van der Waals surface area contributed by atoms with Crippen LogP contribution >= 0.6 is 0 Å². The number of benzene rings is 1. The summed E-state index contributed by atoms with van der Waals surface area (Å²) in [5.41, 5.74) is 2.06. The van der Waals surface area contributed by atoms with Crippen molar-refractivity contribution in [1.82, 2.24) is 9.78 Å². The molecule has 0 spiro atoms. The Labute approximate surface area is 82.9 Å². The molecule has 1 aromatic carbocycles. The van der Waals surface area contributed by atoms with E-state index in [0.29, 0.717) is 0 Å². The average molecular weight is 188 g/mol. The lowest BCUT2D eigenvalue weighted by atomic mass is 10.3. The van der Waals surface area contributed by atoms with E-state index in [9.17, 15) is 0 Å². The molecular weight excluding hydrogens is 176 g/mol. The summed E-state index contributed by atoms with van der Waals surface area (Å²) in [5, 5.41) is 4.23. The zero-order valence-corrected chi connectivity index (χ0v) is 8.27. The fourth-order valence-corrected chi connectivity index (χ4v) is 1.43. The first-order valence-corrected chi connectivity index (χ1v) is 4.47. The predicted octanol–water partition coefficient (Wildman–Crippen LogP) is 2.19. The van der Waals surface area contributed by atoms with Crippen LogP contribution in [0.3, 0.4) is 0 Å². The Morgan fingerprint density at radius 2 is 2.00 bits per heavy atom. The van der Waals surface area contributed by atoms with Crippen molar-refractivity contribution in [3.8, 4) is 11.4 Å². The Kier molecular flexibility index (Phi) is 2.23. The van der Waals surface area contributed by atoms with Crippen LogP contribution in [0.15, 0.2) is 36.5 Å². The maximum atomic E-state index is 5.26. The van der Waals surface area contributed by atoms with Crippen molar-refractivity contribution in [1.29, 1.82) is 0 Å². The third kappa shape index (κ3) is 1.37. The van der Waals surface area contributed by atoms with E-state index in [2.05, 4.69) is 5.10 Å². The molecule has 2 rings (SSSR count). The number of hydrogen-bond acceptors (Lipinski definition) is 2. The number of aromatic nitrogens is 2. The fraction of sp³-hybridized carbons (Fsp3) is 0.182. The van der Waals surface area contributed by atoms with Gasteiger partial charge in [0.1, 0.15) is 11.4 Å². The molecule has 2 aromatic rings. The van der Waals surface area contributed by atoms with E-state index in [1.165, 1.54) is 0 Å². The first kappa shape index (κ1) is 8.81. The van der Waals surface area contributed by atoms with Crippen molar-refractivity contribution in [2.24, 2.45) is 0 Å². The highest BCUT2D eigenvalue weighted by atomic mass is 16.5. The molecule has 0 bridgehead atoms. The van der Waals surface area contributed by atoms with Crippen molar-refractivity contribution in [2.45, 2.75) is 6.92 Å². The topological polar surface area (TPSA) is 27.1 Å². The van der Waals surface area contributed by atoms with Crippen molar-refractivity contribution in [3.63, 3.8) is 0 Å². The van der Waals surface area contributed by atoms with Gasteiger partial charge in [-0.05, 0) is 25.1 Å². The van der Waals surface area contributed by atoms with Gasteiger partial charge in [-0.3, -0.25) is 0 Å². The standard InChI is InChI=1S/C11H12N2O/c1-9-7-8-12-13(9)10-5-3-4-6-11(10)14-2/h3-8H,1-2H3. The van der Waals surface area contributed by atoms with E-state index in [0.717, 1.165) is 17.1 Å². The van der Waals surface area contributed by atoms with Crippen LogP contribution in [0.5, 0.6) is 5.75 Å². The van der Waals surface area contributed by atoms with Crippen molar-refractivity contribution < 1.29 is 4.74 Å². The Morgan fingerprint density at radius 1 is 1.21 bits per heavy atom. The molecular formula is C11H12N2O. The van der Waals surface area contributed by atoms with Gasteiger partial charge in [0.25, 0.3) is 0 Å². The SMILES string of the molecule is COc1ccccc1-n1nccc1C. The van der Waals surface area contributed by atoms with Gasteiger partial charge in [-0.25, -0.2) is 4.68 Å². The lowest BCUT2D eigenvalue weighted by Gasteiger charge is -2.09. The maximum absolute atomic E-state index is 5.26. The van der Waals surface area contributed by atoms with E-state index in [-0.39, 0.29) is 0 Å². The molecule has 3 heteroatoms. The minimum absolute atomic E-state index is 0.833. The van der Waals surface area contributed by atoms with Gasteiger partial charge in [0.2, 0.25) is 0 Å². The molecule has 0 aliphatic heterocycles. The number of ether oxygens (including phenoxy) is 1. The summed E-state index contributed by atoms with van der Waals surface area (Å²) >= 11 is 0. The van der Waals surface area contributed by atoms with E-state index >= 15 is 0 Å². The van der Waals surface area contributed by atoms with Gasteiger partial charge in [0, 0.05) is 11.9 Å². The number of hydrogen-bond donors (Lipinski definition) is 0. The molecule has 0 aliphatic rings. The molecule has 1 heterocycles. The predicted molar refractivity (Wildman–Crippen MR) is 54.9 cm³/mol. The molecule has 0 saturated heterocycles. The zero-order chi connectivity index (χ0) is 9.97. The monoisotopic (exact) mass is 188 g/mol. The van der Waals surface area contributed by atoms with Crippen LogP contribution in [0.4, 0.5) is 0 Å². The zero-order valence-electron chi connectivity index (χ0n) is 8.27. The quantitative estimate of drug-likeness (QED) is 0.722. The third-order valence-electron chi connectivity index (χ3n) is 2.15. The Balaban J connectivity index is 2.56. The number of aryl methyl sites for hydroxylation is 1. The number of para-hydroxylation sites is 2. The molecule has 0 amide bonds. The van der Waals surface area contributed by atoms with Crippen molar-refractivity contribution in [3.05, 3.63) is 42.2 Å². The van der Waals surface area contributed by atoms with E-state index in [4.69, 9.17) is 4.74 Å². The smallest absolute Gasteiger partial charge is 0.144 e. The Bertz CT molecular complexity index is 434. The summed E-state index contributed by atoms with van der Waals surface area (Å²) in [7, 11) is 1.66. The second-order valence-corrected chi connectivity index (χ2v) is 3.06. The van der Waals surface area contributed by atoms with Crippen LogP contribution in [0, 0.1) is 6.92 Å². The van der Waals surface area contributed by atoms with Gasteiger partial charge in [-0.15, -0.1) is 0 Å². The first-order chi connectivity index (χ1) is 6.83. The summed E-state index contributed by atoms with van der Waals surface area (Å²) in [5.74, 6) is 0.833. The molecule has 3 nitrogen and oxygen atoms in total. The van der Waals surface area contributed by atoms with Crippen LogP contribution in [0.25, 0.3) is 5.69 Å². The van der Waals surface area contributed by atoms with Crippen LogP contribution in [0.1, 0.15) is 5.69 Å². The molecule has 0 aliphatic carbocycles. The summed E-state index contributed by atoms with van der Waals surface area (Å²) in [4.78, 5) is 0. The number of methoxy groups -OCH3 is 1. The van der Waals surface area contributed by atoms with E-state index in [1.807, 2.05) is 41.9 Å². The largest absolute Gasteiger partial charge is 0.494 e. The molecule has 0 unspecified atom stereocenters. The number of nitrogens with zero attached hydrogens (tertiary/aromatic N) is 2. The lowest BCUT2D eigenvalue weighted by molar-refractivity contribution is 0.411. The highest BCUT2D eigenvalue weighted by molar-refractivity contribution is 5.46. The minimum Gasteiger partial charge on any atom is -0.494 e. The second kappa shape index (κ2) is 3.54. The minimum atomic E-state index is 0.833. The van der Waals surface area contributed by atoms with E-state index in [1.54, 1.807) is 13.3 Å². The third-order valence-corrected chi connectivity index (χ3v) is 2.15. The van der Waals surface area contributed by atoms with Crippen LogP contribution in [-0.4, -0.2) is 16.9 Å². The van der Waals surface area contributed by atoms with Gasteiger partial charge in [-0.2, -0.15) is 5.10 Å².